The van der Waals surface area contributed by atoms with Gasteiger partial charge in [-0.05, 0) is 55.0 Å². The van der Waals surface area contributed by atoms with Crippen LogP contribution in [0.3, 0.4) is 0 Å². The molecule has 0 radical (unpaired) electrons. The van der Waals surface area contributed by atoms with Crippen LogP contribution in [0.25, 0.3) is 22.6 Å². The summed E-state index contributed by atoms with van der Waals surface area (Å²) in [6.45, 7) is 2.82. The van der Waals surface area contributed by atoms with Gasteiger partial charge in [-0.1, -0.05) is 13.0 Å². The summed E-state index contributed by atoms with van der Waals surface area (Å²) in [5.41, 5.74) is 1.12. The van der Waals surface area contributed by atoms with Crippen LogP contribution in [0.1, 0.15) is 47.5 Å². The van der Waals surface area contributed by atoms with Crippen molar-refractivity contribution in [2.45, 2.75) is 45.3 Å². The van der Waals surface area contributed by atoms with E-state index < -0.39 is 0 Å². The molecule has 0 unspecified atom stereocenters. The second-order valence-electron chi connectivity index (χ2n) is 9.24. The lowest BCUT2D eigenvalue weighted by Gasteiger charge is -2.21. The van der Waals surface area contributed by atoms with Crippen molar-refractivity contribution >= 4 is 34.2 Å². The van der Waals surface area contributed by atoms with Gasteiger partial charge >= 0.3 is 5.69 Å². The molecule has 192 valence electrons. The summed E-state index contributed by atoms with van der Waals surface area (Å²) < 4.78 is 2.93. The molecule has 38 heavy (non-hydrogen) atoms. The Morgan fingerprint density at radius 3 is 2.68 bits per heavy atom. The van der Waals surface area contributed by atoms with Gasteiger partial charge in [0.25, 0.3) is 11.5 Å². The van der Waals surface area contributed by atoms with E-state index in [0.717, 1.165) is 24.1 Å². The highest BCUT2D eigenvalue weighted by Crippen LogP contribution is 2.32. The molecule has 6 rings (SSSR count). The maximum atomic E-state index is 13.4. The number of aryl methyl sites for hydroxylation is 1. The van der Waals surface area contributed by atoms with Crippen LogP contribution >= 0.6 is 11.3 Å². The van der Waals surface area contributed by atoms with E-state index in [1.54, 1.807) is 57.5 Å². The minimum Gasteiger partial charge on any atom is -0.332 e. The van der Waals surface area contributed by atoms with Gasteiger partial charge in [-0.25, -0.2) is 14.8 Å². The van der Waals surface area contributed by atoms with E-state index in [4.69, 9.17) is 0 Å². The highest BCUT2D eigenvalue weighted by molar-refractivity contribution is 7.09. The van der Waals surface area contributed by atoms with Crippen molar-refractivity contribution in [1.82, 2.24) is 29.1 Å². The van der Waals surface area contributed by atoms with Crippen molar-refractivity contribution in [3.8, 4) is 11.4 Å². The molecule has 5 heterocycles. The average molecular weight is 528 g/mol. The minimum atomic E-state index is -0.340. The summed E-state index contributed by atoms with van der Waals surface area (Å²) in [7, 11) is 0. The Bertz CT molecular complexity index is 1720. The monoisotopic (exact) mass is 527 g/mol. The number of carbonyl (C=O) groups excluding carboxylic acids is 1. The second-order valence-corrected chi connectivity index (χ2v) is 10.3. The van der Waals surface area contributed by atoms with Gasteiger partial charge in [0.15, 0.2) is 5.65 Å². The number of imidazole rings is 1. The summed E-state index contributed by atoms with van der Waals surface area (Å²) in [6.07, 6.45) is 7.18. The number of aromatic amines is 1. The quantitative estimate of drug-likeness (QED) is 0.326. The van der Waals surface area contributed by atoms with E-state index >= 15 is 0 Å². The van der Waals surface area contributed by atoms with E-state index in [-0.39, 0.29) is 23.2 Å². The molecule has 10 nitrogen and oxygen atoms in total. The normalized spacial score (nSPS) is 13.2. The molecule has 1 fully saturated rings. The number of carbonyl (C=O) groups is 1. The molecular weight excluding hydrogens is 502 g/mol. The standard InChI is InChI=1S/C27H25N7O3S/c1-2-12-32-24-22(26(36)34(27(32)37)19-8-9-19)30-23(31-24)17-7-10-21(29-15-17)33(16-20-6-4-13-38-20)25(35)18-5-3-11-28-14-18/h3-7,10-11,13-15,19H,2,8-9,12,16H2,1H3,(H,30,31). The van der Waals surface area contributed by atoms with Gasteiger partial charge in [-0.2, -0.15) is 0 Å². The van der Waals surface area contributed by atoms with Crippen molar-refractivity contribution in [2.24, 2.45) is 0 Å². The topological polar surface area (TPSA) is 119 Å². The number of hydrogen-bond acceptors (Lipinski definition) is 7. The van der Waals surface area contributed by atoms with Crippen LogP contribution in [-0.4, -0.2) is 35.0 Å². The lowest BCUT2D eigenvalue weighted by molar-refractivity contribution is 0.0984. The Kier molecular flexibility index (Phi) is 6.20. The summed E-state index contributed by atoms with van der Waals surface area (Å²) in [5.74, 6) is 0.711. The highest BCUT2D eigenvalue weighted by Gasteiger charge is 2.30. The molecular formula is C27H25N7O3S. The van der Waals surface area contributed by atoms with Crippen LogP contribution in [-0.2, 0) is 13.1 Å². The first kappa shape index (κ1) is 24.0. The third-order valence-electron chi connectivity index (χ3n) is 6.51. The number of thiophene rings is 1. The van der Waals surface area contributed by atoms with Crippen molar-refractivity contribution in [3.63, 3.8) is 0 Å². The predicted molar refractivity (Wildman–Crippen MR) is 145 cm³/mol. The third kappa shape index (κ3) is 4.34. The van der Waals surface area contributed by atoms with E-state index in [9.17, 15) is 14.4 Å². The zero-order valence-electron chi connectivity index (χ0n) is 20.7. The highest BCUT2D eigenvalue weighted by atomic mass is 32.1. The Morgan fingerprint density at radius 2 is 2.03 bits per heavy atom. The Hall–Kier alpha value is -4.38. The van der Waals surface area contributed by atoms with Crippen LogP contribution in [0.5, 0.6) is 0 Å². The van der Waals surface area contributed by atoms with Crippen LogP contribution in [0.4, 0.5) is 5.82 Å². The molecule has 0 atom stereocenters. The van der Waals surface area contributed by atoms with Crippen molar-refractivity contribution in [3.05, 3.63) is 91.6 Å². The zero-order valence-corrected chi connectivity index (χ0v) is 21.5. The molecule has 11 heteroatoms. The number of amides is 1. The van der Waals surface area contributed by atoms with Crippen molar-refractivity contribution in [1.29, 1.82) is 0 Å². The van der Waals surface area contributed by atoms with E-state index in [1.165, 1.54) is 10.8 Å². The van der Waals surface area contributed by atoms with E-state index in [1.807, 2.05) is 24.4 Å². The van der Waals surface area contributed by atoms with Gasteiger partial charge in [-0.3, -0.25) is 28.6 Å². The summed E-state index contributed by atoms with van der Waals surface area (Å²) in [5, 5.41) is 1.97. The number of hydrogen-bond donors (Lipinski definition) is 1. The molecule has 1 amide bonds. The predicted octanol–water partition coefficient (Wildman–Crippen LogP) is 4.00. The molecule has 0 aliphatic heterocycles. The summed E-state index contributed by atoms with van der Waals surface area (Å²) in [4.78, 5) is 58.6. The fourth-order valence-electron chi connectivity index (χ4n) is 4.50. The Labute approximate surface area is 221 Å². The molecule has 5 aromatic heterocycles. The van der Waals surface area contributed by atoms with Gasteiger partial charge in [0.05, 0.1) is 12.1 Å². The molecule has 0 bridgehead atoms. The first-order chi connectivity index (χ1) is 18.5. The van der Waals surface area contributed by atoms with E-state index in [0.29, 0.717) is 47.0 Å². The molecule has 0 aromatic carbocycles. The van der Waals surface area contributed by atoms with Gasteiger partial charge in [-0.15, -0.1) is 11.3 Å². The minimum absolute atomic E-state index is 0.0399. The molecule has 1 aliphatic carbocycles. The number of pyridine rings is 2. The number of nitrogens with zero attached hydrogens (tertiary/aromatic N) is 6. The van der Waals surface area contributed by atoms with Gasteiger partial charge < -0.3 is 4.98 Å². The average Bonchev–Trinajstić information content (AvgIpc) is 3.44. The fraction of sp³-hybridized carbons (Fsp3) is 0.259. The number of rotatable bonds is 8. The largest absolute Gasteiger partial charge is 0.333 e. The first-order valence-corrected chi connectivity index (χ1v) is 13.4. The number of fused-ring (bicyclic) bond motifs is 1. The molecule has 1 saturated carbocycles. The molecule has 0 saturated heterocycles. The lowest BCUT2D eigenvalue weighted by atomic mass is 10.2. The number of anilines is 1. The second kappa shape index (κ2) is 9.82. The van der Waals surface area contributed by atoms with Crippen molar-refractivity contribution < 1.29 is 4.79 Å². The Morgan fingerprint density at radius 1 is 1.16 bits per heavy atom. The smallest absolute Gasteiger partial charge is 0.332 e. The number of nitrogens with one attached hydrogen (secondary N) is 1. The van der Waals surface area contributed by atoms with Crippen LogP contribution in [0, 0.1) is 0 Å². The molecule has 1 aliphatic rings. The fourth-order valence-corrected chi connectivity index (χ4v) is 5.19. The van der Waals surface area contributed by atoms with Gasteiger partial charge in [0, 0.05) is 41.6 Å². The van der Waals surface area contributed by atoms with Crippen LogP contribution < -0.4 is 16.1 Å². The molecule has 5 aromatic rings. The first-order valence-electron chi connectivity index (χ1n) is 12.5. The van der Waals surface area contributed by atoms with Crippen LogP contribution in [0.15, 0.2) is 70.0 Å². The summed E-state index contributed by atoms with van der Waals surface area (Å²) >= 11 is 1.56. The summed E-state index contributed by atoms with van der Waals surface area (Å²) in [6, 6.07) is 10.9. The maximum Gasteiger partial charge on any atom is 0.333 e. The molecule has 0 spiro atoms. The van der Waals surface area contributed by atoms with Crippen molar-refractivity contribution in [2.75, 3.05) is 4.90 Å². The number of aromatic nitrogens is 6. The lowest BCUT2D eigenvalue weighted by Crippen LogP contribution is -2.39. The zero-order chi connectivity index (χ0) is 26.2. The number of H-pyrrole nitrogens is 1. The van der Waals surface area contributed by atoms with Crippen LogP contribution in [0.2, 0.25) is 0 Å². The maximum absolute atomic E-state index is 13.4. The molecule has 1 N–H and O–H groups in total. The third-order valence-corrected chi connectivity index (χ3v) is 7.38. The SMILES string of the molecule is CCCn1c(=O)n(C2CC2)c(=O)c2[nH]c(-c3ccc(N(Cc4cccs4)C(=O)c4cccnc4)nc3)nc21. The Balaban J connectivity index is 1.38. The van der Waals surface area contributed by atoms with Gasteiger partial charge in [0.2, 0.25) is 0 Å². The van der Waals surface area contributed by atoms with Gasteiger partial charge in [0.1, 0.15) is 17.2 Å². The van der Waals surface area contributed by atoms with E-state index in [2.05, 4.69) is 19.9 Å².